The molecule has 0 heterocycles. The van der Waals surface area contributed by atoms with Crippen LogP contribution in [0.2, 0.25) is 0 Å². The highest BCUT2D eigenvalue weighted by Crippen LogP contribution is 2.35. The Kier molecular flexibility index (Phi) is 3.32. The zero-order chi connectivity index (χ0) is 13.3. The Balaban J connectivity index is 2.03. The van der Waals surface area contributed by atoms with Gasteiger partial charge in [-0.25, -0.2) is 4.39 Å². The molecule has 1 aliphatic rings. The summed E-state index contributed by atoms with van der Waals surface area (Å²) in [5.41, 5.74) is 0.860. The minimum absolute atomic E-state index is 0.350. The predicted octanol–water partition coefficient (Wildman–Crippen LogP) is 2.18. The molecule has 0 saturated heterocycles. The molecule has 2 rings (SSSR count). The van der Waals surface area contributed by atoms with Crippen molar-refractivity contribution in [2.45, 2.75) is 19.8 Å². The highest BCUT2D eigenvalue weighted by molar-refractivity contribution is 5.96. The summed E-state index contributed by atoms with van der Waals surface area (Å²) >= 11 is 0. The summed E-state index contributed by atoms with van der Waals surface area (Å²) < 4.78 is 13.3. The van der Waals surface area contributed by atoms with Crippen LogP contribution in [0.5, 0.6) is 0 Å². The lowest BCUT2D eigenvalue weighted by Gasteiger charge is -2.31. The number of carboxylic acid groups (broad SMARTS) is 1. The molecule has 1 aromatic rings. The SMILES string of the molecule is Cc1ccc(NC(=O)C2CCC2C(=O)O)cc1F. The number of amides is 1. The fraction of sp³-hybridized carbons (Fsp3) is 0.385. The maximum absolute atomic E-state index is 13.3. The van der Waals surface area contributed by atoms with Crippen molar-refractivity contribution in [1.29, 1.82) is 0 Å². The number of rotatable bonds is 3. The Hall–Kier alpha value is -1.91. The van der Waals surface area contributed by atoms with Gasteiger partial charge in [-0.3, -0.25) is 9.59 Å². The number of aryl methyl sites for hydroxylation is 1. The first-order valence-corrected chi connectivity index (χ1v) is 5.79. The lowest BCUT2D eigenvalue weighted by molar-refractivity contribution is -0.151. The van der Waals surface area contributed by atoms with Gasteiger partial charge in [0.25, 0.3) is 0 Å². The van der Waals surface area contributed by atoms with Crippen LogP contribution < -0.4 is 5.32 Å². The molecule has 4 nitrogen and oxygen atoms in total. The second-order valence-electron chi connectivity index (χ2n) is 4.58. The number of carbonyl (C=O) groups excluding carboxylic acids is 1. The molecule has 96 valence electrons. The molecule has 2 unspecified atom stereocenters. The van der Waals surface area contributed by atoms with Crippen molar-refractivity contribution < 1.29 is 19.1 Å². The number of halogens is 1. The molecule has 1 fully saturated rings. The van der Waals surface area contributed by atoms with Gasteiger partial charge in [-0.15, -0.1) is 0 Å². The monoisotopic (exact) mass is 251 g/mol. The van der Waals surface area contributed by atoms with E-state index in [1.165, 1.54) is 6.07 Å². The molecular weight excluding hydrogens is 237 g/mol. The summed E-state index contributed by atoms with van der Waals surface area (Å²) in [6, 6.07) is 4.41. The van der Waals surface area contributed by atoms with Gasteiger partial charge in [0.1, 0.15) is 5.82 Å². The molecule has 18 heavy (non-hydrogen) atoms. The second kappa shape index (κ2) is 4.76. The van der Waals surface area contributed by atoms with Crippen molar-refractivity contribution >= 4 is 17.6 Å². The zero-order valence-corrected chi connectivity index (χ0v) is 9.94. The Morgan fingerprint density at radius 1 is 1.33 bits per heavy atom. The van der Waals surface area contributed by atoms with Gasteiger partial charge in [-0.2, -0.15) is 0 Å². The lowest BCUT2D eigenvalue weighted by Crippen LogP contribution is -2.41. The van der Waals surface area contributed by atoms with Crippen LogP contribution in [0, 0.1) is 24.6 Å². The summed E-state index contributed by atoms with van der Waals surface area (Å²) in [6.07, 6.45) is 1.09. The maximum Gasteiger partial charge on any atom is 0.307 e. The van der Waals surface area contributed by atoms with E-state index in [0.717, 1.165) is 0 Å². The number of aliphatic carboxylic acids is 1. The number of hydrogen-bond donors (Lipinski definition) is 2. The van der Waals surface area contributed by atoms with Crippen molar-refractivity contribution in [3.05, 3.63) is 29.6 Å². The van der Waals surface area contributed by atoms with Crippen LogP contribution in [0.3, 0.4) is 0 Å². The first-order chi connectivity index (χ1) is 8.49. The molecular formula is C13H14FNO3. The fourth-order valence-corrected chi connectivity index (χ4v) is 2.01. The van der Waals surface area contributed by atoms with Gasteiger partial charge in [-0.1, -0.05) is 6.07 Å². The predicted molar refractivity (Wildman–Crippen MR) is 63.6 cm³/mol. The van der Waals surface area contributed by atoms with Crippen LogP contribution in [0.4, 0.5) is 10.1 Å². The van der Waals surface area contributed by atoms with Crippen molar-refractivity contribution in [2.24, 2.45) is 11.8 Å². The van der Waals surface area contributed by atoms with Gasteiger partial charge in [0.05, 0.1) is 11.8 Å². The Labute approximate surface area is 104 Å². The molecule has 1 aliphatic carbocycles. The van der Waals surface area contributed by atoms with Crippen molar-refractivity contribution in [2.75, 3.05) is 5.32 Å². The van der Waals surface area contributed by atoms with E-state index < -0.39 is 23.6 Å². The van der Waals surface area contributed by atoms with E-state index >= 15 is 0 Å². The van der Waals surface area contributed by atoms with E-state index in [4.69, 9.17) is 5.11 Å². The molecule has 1 saturated carbocycles. The van der Waals surface area contributed by atoms with Crippen LogP contribution in [0.1, 0.15) is 18.4 Å². The molecule has 1 amide bonds. The first kappa shape index (κ1) is 12.5. The molecule has 2 N–H and O–H groups in total. The van der Waals surface area contributed by atoms with E-state index in [1.807, 2.05) is 0 Å². The van der Waals surface area contributed by atoms with Gasteiger partial charge in [0, 0.05) is 5.69 Å². The summed E-state index contributed by atoms with van der Waals surface area (Å²) in [7, 11) is 0. The number of nitrogens with one attached hydrogen (secondary N) is 1. The third-order valence-electron chi connectivity index (χ3n) is 3.37. The quantitative estimate of drug-likeness (QED) is 0.865. The van der Waals surface area contributed by atoms with Crippen LogP contribution in [0.15, 0.2) is 18.2 Å². The highest BCUT2D eigenvalue weighted by Gasteiger charge is 2.41. The van der Waals surface area contributed by atoms with Gasteiger partial charge in [-0.05, 0) is 37.5 Å². The first-order valence-electron chi connectivity index (χ1n) is 5.79. The van der Waals surface area contributed by atoms with Crippen LogP contribution in [-0.4, -0.2) is 17.0 Å². The van der Waals surface area contributed by atoms with Crippen molar-refractivity contribution in [3.8, 4) is 0 Å². The highest BCUT2D eigenvalue weighted by atomic mass is 19.1. The summed E-state index contributed by atoms with van der Waals surface area (Å²) in [4.78, 5) is 22.6. The number of hydrogen-bond acceptors (Lipinski definition) is 2. The van der Waals surface area contributed by atoms with E-state index in [-0.39, 0.29) is 5.91 Å². The van der Waals surface area contributed by atoms with E-state index in [9.17, 15) is 14.0 Å². The maximum atomic E-state index is 13.3. The largest absolute Gasteiger partial charge is 0.481 e. The standard InChI is InChI=1S/C13H14FNO3/c1-7-2-3-8(6-11(7)14)15-12(16)9-4-5-10(9)13(17)18/h2-3,6,9-10H,4-5H2,1H3,(H,15,16)(H,17,18). The van der Waals surface area contributed by atoms with Crippen LogP contribution in [-0.2, 0) is 9.59 Å². The van der Waals surface area contributed by atoms with Crippen molar-refractivity contribution in [1.82, 2.24) is 0 Å². The summed E-state index contributed by atoms with van der Waals surface area (Å²) in [6.45, 7) is 1.63. The topological polar surface area (TPSA) is 66.4 Å². The van der Waals surface area contributed by atoms with Crippen LogP contribution in [0.25, 0.3) is 0 Å². The van der Waals surface area contributed by atoms with E-state index in [1.54, 1.807) is 19.1 Å². The fourth-order valence-electron chi connectivity index (χ4n) is 2.01. The summed E-state index contributed by atoms with van der Waals surface area (Å²) in [5.74, 6) is -2.81. The van der Waals surface area contributed by atoms with Gasteiger partial charge in [0.15, 0.2) is 0 Å². The average Bonchev–Trinajstić information content (AvgIpc) is 2.20. The van der Waals surface area contributed by atoms with Gasteiger partial charge >= 0.3 is 5.97 Å². The van der Waals surface area contributed by atoms with Crippen molar-refractivity contribution in [3.63, 3.8) is 0 Å². The zero-order valence-electron chi connectivity index (χ0n) is 9.94. The van der Waals surface area contributed by atoms with E-state index in [0.29, 0.717) is 24.1 Å². The third kappa shape index (κ3) is 2.34. The molecule has 0 radical (unpaired) electrons. The Morgan fingerprint density at radius 2 is 2.00 bits per heavy atom. The normalized spacial score (nSPS) is 22.1. The molecule has 5 heteroatoms. The molecule has 0 bridgehead atoms. The van der Waals surface area contributed by atoms with Gasteiger partial charge < -0.3 is 10.4 Å². The molecule has 0 aliphatic heterocycles. The minimum atomic E-state index is -0.948. The summed E-state index contributed by atoms with van der Waals surface area (Å²) in [5, 5.41) is 11.4. The molecule has 1 aromatic carbocycles. The molecule has 0 aromatic heterocycles. The van der Waals surface area contributed by atoms with E-state index in [2.05, 4.69) is 5.32 Å². The van der Waals surface area contributed by atoms with Crippen LogP contribution >= 0.6 is 0 Å². The average molecular weight is 251 g/mol. The third-order valence-corrected chi connectivity index (χ3v) is 3.37. The Morgan fingerprint density at radius 3 is 2.50 bits per heavy atom. The number of benzene rings is 1. The molecule has 2 atom stereocenters. The number of anilines is 1. The molecule has 0 spiro atoms. The minimum Gasteiger partial charge on any atom is -0.481 e. The number of carbonyl (C=O) groups is 2. The Bertz CT molecular complexity index is 501. The smallest absolute Gasteiger partial charge is 0.307 e. The van der Waals surface area contributed by atoms with Gasteiger partial charge in [0.2, 0.25) is 5.91 Å². The number of carboxylic acids is 1. The lowest BCUT2D eigenvalue weighted by atomic mass is 9.73. The second-order valence-corrected chi connectivity index (χ2v) is 4.58.